The van der Waals surface area contributed by atoms with E-state index in [9.17, 15) is 14.4 Å². The normalized spacial score (nSPS) is 14.4. The third-order valence-electron chi connectivity index (χ3n) is 4.63. The molecular formula is C20H22N2O5S. The lowest BCUT2D eigenvalue weighted by molar-refractivity contribution is -0.138. The Labute approximate surface area is 166 Å². The molecule has 0 unspecified atom stereocenters. The van der Waals surface area contributed by atoms with E-state index >= 15 is 0 Å². The lowest BCUT2D eigenvalue weighted by atomic mass is 9.97. The van der Waals surface area contributed by atoms with E-state index in [2.05, 4.69) is 10.3 Å². The van der Waals surface area contributed by atoms with Crippen molar-refractivity contribution in [2.24, 2.45) is 0 Å². The zero-order chi connectivity index (χ0) is 19.9. The van der Waals surface area contributed by atoms with Crippen LogP contribution in [0.15, 0.2) is 29.9 Å². The first-order valence-electron chi connectivity index (χ1n) is 9.29. The van der Waals surface area contributed by atoms with Crippen molar-refractivity contribution < 1.29 is 24.2 Å². The average Bonchev–Trinajstić information content (AvgIpc) is 3.11. The Hall–Kier alpha value is -2.74. The van der Waals surface area contributed by atoms with E-state index in [1.165, 1.54) is 11.3 Å². The number of carbonyl (C=O) groups is 3. The Bertz CT molecular complexity index is 844. The highest BCUT2D eigenvalue weighted by atomic mass is 32.1. The second-order valence-electron chi connectivity index (χ2n) is 6.70. The van der Waals surface area contributed by atoms with Gasteiger partial charge in [0, 0.05) is 29.8 Å². The maximum atomic E-state index is 13.0. The average molecular weight is 402 g/mol. The van der Waals surface area contributed by atoms with E-state index in [4.69, 9.17) is 9.84 Å². The molecule has 8 heteroatoms. The van der Waals surface area contributed by atoms with E-state index in [-0.39, 0.29) is 18.9 Å². The molecule has 0 saturated heterocycles. The monoisotopic (exact) mass is 402 g/mol. The number of nitrogens with zero attached hydrogens (tertiary/aromatic N) is 1. The number of carbonyl (C=O) groups excluding carboxylic acids is 2. The number of ether oxygens (including phenoxy) is 1. The lowest BCUT2D eigenvalue weighted by Gasteiger charge is -2.22. The maximum absolute atomic E-state index is 13.0. The van der Waals surface area contributed by atoms with E-state index in [1.54, 1.807) is 29.9 Å². The van der Waals surface area contributed by atoms with Gasteiger partial charge in [0.25, 0.3) is 0 Å². The van der Waals surface area contributed by atoms with Crippen LogP contribution >= 0.6 is 11.3 Å². The maximum Gasteiger partial charge on any atom is 0.342 e. The molecular weight excluding hydrogens is 380 g/mol. The SMILES string of the molecule is O=C(O)CCC(=O)Nc1scc(-c2ccncc2)c1C(=O)OC1CCCCC1. The van der Waals surface area contributed by atoms with Crippen LogP contribution in [0.3, 0.4) is 0 Å². The van der Waals surface area contributed by atoms with Gasteiger partial charge in [0.05, 0.1) is 6.42 Å². The molecule has 2 heterocycles. The van der Waals surface area contributed by atoms with Crippen LogP contribution in [0.4, 0.5) is 5.00 Å². The van der Waals surface area contributed by atoms with Gasteiger partial charge in [0.1, 0.15) is 16.7 Å². The summed E-state index contributed by atoms with van der Waals surface area (Å²) in [4.78, 5) is 39.7. The topological polar surface area (TPSA) is 106 Å². The minimum absolute atomic E-state index is 0.109. The van der Waals surface area contributed by atoms with Crippen LogP contribution in [0.5, 0.6) is 0 Å². The number of anilines is 1. The summed E-state index contributed by atoms with van der Waals surface area (Å²) in [7, 11) is 0. The van der Waals surface area contributed by atoms with Gasteiger partial charge in [-0.25, -0.2) is 4.79 Å². The summed E-state index contributed by atoms with van der Waals surface area (Å²) in [6, 6.07) is 3.57. The van der Waals surface area contributed by atoms with E-state index in [0.717, 1.165) is 37.7 Å². The number of esters is 1. The second-order valence-corrected chi connectivity index (χ2v) is 7.58. The van der Waals surface area contributed by atoms with Crippen LogP contribution in [0, 0.1) is 0 Å². The molecule has 1 fully saturated rings. The van der Waals surface area contributed by atoms with Gasteiger partial charge in [-0.3, -0.25) is 14.6 Å². The first kappa shape index (κ1) is 20.0. The third kappa shape index (κ3) is 5.16. The molecule has 3 rings (SSSR count). The summed E-state index contributed by atoms with van der Waals surface area (Å²) < 4.78 is 5.72. The Balaban J connectivity index is 1.84. The molecule has 1 aliphatic rings. The number of carboxylic acid groups (broad SMARTS) is 1. The fourth-order valence-corrected chi connectivity index (χ4v) is 4.17. The molecule has 0 aromatic carbocycles. The van der Waals surface area contributed by atoms with Crippen LogP contribution in [-0.4, -0.2) is 34.0 Å². The number of aliphatic carboxylic acids is 1. The zero-order valence-electron chi connectivity index (χ0n) is 15.3. The summed E-state index contributed by atoms with van der Waals surface area (Å²) in [5.74, 6) is -1.96. The standard InChI is InChI=1S/C20H22N2O5S/c23-16(6-7-17(24)25)22-19-18(20(26)27-14-4-2-1-3-5-14)15(12-28-19)13-8-10-21-11-9-13/h8-12,14H,1-7H2,(H,22,23)(H,24,25). The highest BCUT2D eigenvalue weighted by molar-refractivity contribution is 7.15. The Morgan fingerprint density at radius 3 is 2.54 bits per heavy atom. The predicted molar refractivity (Wildman–Crippen MR) is 105 cm³/mol. The smallest absolute Gasteiger partial charge is 0.342 e. The van der Waals surface area contributed by atoms with Crippen LogP contribution in [0.2, 0.25) is 0 Å². The summed E-state index contributed by atoms with van der Waals surface area (Å²) in [6.45, 7) is 0. The number of carboxylic acids is 1. The van der Waals surface area contributed by atoms with Crippen molar-refractivity contribution in [2.45, 2.75) is 51.0 Å². The highest BCUT2D eigenvalue weighted by Crippen LogP contribution is 2.37. The number of nitrogens with one attached hydrogen (secondary N) is 1. The summed E-state index contributed by atoms with van der Waals surface area (Å²) in [6.07, 6.45) is 7.66. The Kier molecular flexibility index (Phi) is 6.76. The molecule has 1 aliphatic carbocycles. The Morgan fingerprint density at radius 1 is 1.14 bits per heavy atom. The fraction of sp³-hybridized carbons (Fsp3) is 0.400. The number of rotatable bonds is 7. The predicted octanol–water partition coefficient (Wildman–Crippen LogP) is 4.10. The van der Waals surface area contributed by atoms with Crippen LogP contribution in [0.1, 0.15) is 55.3 Å². The first-order chi connectivity index (χ1) is 13.5. The minimum atomic E-state index is -1.05. The van der Waals surface area contributed by atoms with Crippen LogP contribution in [-0.2, 0) is 14.3 Å². The molecule has 0 radical (unpaired) electrons. The number of hydrogen-bond acceptors (Lipinski definition) is 6. The third-order valence-corrected chi connectivity index (χ3v) is 5.53. The highest BCUT2D eigenvalue weighted by Gasteiger charge is 2.26. The molecule has 0 bridgehead atoms. The second kappa shape index (κ2) is 9.45. The van der Waals surface area contributed by atoms with Crippen molar-refractivity contribution in [3.05, 3.63) is 35.5 Å². The van der Waals surface area contributed by atoms with E-state index in [0.29, 0.717) is 16.1 Å². The molecule has 28 heavy (non-hydrogen) atoms. The minimum Gasteiger partial charge on any atom is -0.481 e. The number of pyridine rings is 1. The molecule has 148 valence electrons. The molecule has 1 amide bonds. The molecule has 2 aromatic rings. The van der Waals surface area contributed by atoms with Gasteiger partial charge >= 0.3 is 11.9 Å². The molecule has 0 atom stereocenters. The van der Waals surface area contributed by atoms with Crippen molar-refractivity contribution in [1.82, 2.24) is 4.98 Å². The lowest BCUT2D eigenvalue weighted by Crippen LogP contribution is -2.22. The van der Waals surface area contributed by atoms with Gasteiger partial charge in [0.2, 0.25) is 5.91 Å². The largest absolute Gasteiger partial charge is 0.481 e. The van der Waals surface area contributed by atoms with Gasteiger partial charge in [-0.05, 0) is 43.4 Å². The number of hydrogen-bond donors (Lipinski definition) is 2. The van der Waals surface area contributed by atoms with Crippen molar-refractivity contribution in [3.8, 4) is 11.1 Å². The van der Waals surface area contributed by atoms with E-state index in [1.807, 2.05) is 0 Å². The van der Waals surface area contributed by atoms with Gasteiger partial charge in [-0.1, -0.05) is 6.42 Å². The van der Waals surface area contributed by atoms with Crippen molar-refractivity contribution in [1.29, 1.82) is 0 Å². The first-order valence-corrected chi connectivity index (χ1v) is 10.2. The van der Waals surface area contributed by atoms with Gasteiger partial charge in [-0.2, -0.15) is 0 Å². The van der Waals surface area contributed by atoms with Gasteiger partial charge in [-0.15, -0.1) is 11.3 Å². The van der Waals surface area contributed by atoms with Crippen LogP contribution in [0.25, 0.3) is 11.1 Å². The van der Waals surface area contributed by atoms with Crippen molar-refractivity contribution >= 4 is 34.2 Å². The van der Waals surface area contributed by atoms with Crippen LogP contribution < -0.4 is 5.32 Å². The Morgan fingerprint density at radius 2 is 1.86 bits per heavy atom. The quantitative estimate of drug-likeness (QED) is 0.676. The molecule has 1 saturated carbocycles. The fourth-order valence-electron chi connectivity index (χ4n) is 3.20. The molecule has 2 N–H and O–H groups in total. The van der Waals surface area contributed by atoms with E-state index < -0.39 is 17.8 Å². The summed E-state index contributed by atoms with van der Waals surface area (Å²) in [5.41, 5.74) is 1.78. The molecule has 2 aromatic heterocycles. The van der Waals surface area contributed by atoms with Gasteiger partial charge < -0.3 is 15.2 Å². The molecule has 7 nitrogen and oxygen atoms in total. The molecule has 0 spiro atoms. The van der Waals surface area contributed by atoms with Gasteiger partial charge in [0.15, 0.2) is 0 Å². The summed E-state index contributed by atoms with van der Waals surface area (Å²) in [5, 5.41) is 13.6. The number of amides is 1. The van der Waals surface area contributed by atoms with Crippen molar-refractivity contribution in [2.75, 3.05) is 5.32 Å². The number of thiophene rings is 1. The number of aromatic nitrogens is 1. The zero-order valence-corrected chi connectivity index (χ0v) is 16.2. The van der Waals surface area contributed by atoms with Crippen molar-refractivity contribution in [3.63, 3.8) is 0 Å². The molecule has 0 aliphatic heterocycles. The summed E-state index contributed by atoms with van der Waals surface area (Å²) >= 11 is 1.22.